The van der Waals surface area contributed by atoms with E-state index >= 15 is 0 Å². The van der Waals surface area contributed by atoms with Crippen molar-refractivity contribution in [3.05, 3.63) is 0 Å². The van der Waals surface area contributed by atoms with E-state index in [9.17, 15) is 4.79 Å². The number of esters is 1. The summed E-state index contributed by atoms with van der Waals surface area (Å²) in [5, 5.41) is 0. The van der Waals surface area contributed by atoms with Gasteiger partial charge in [0.1, 0.15) is 5.60 Å². The summed E-state index contributed by atoms with van der Waals surface area (Å²) < 4.78 is 5.19. The molecular formula is C9H17BO2. The Labute approximate surface area is 76.1 Å². The molecule has 2 nitrogen and oxygen atoms in total. The Bertz CT molecular complexity index is 143. The van der Waals surface area contributed by atoms with Gasteiger partial charge in [0.2, 0.25) is 0 Å². The Morgan fingerprint density at radius 2 is 2.08 bits per heavy atom. The van der Waals surface area contributed by atoms with Crippen LogP contribution in [0.1, 0.15) is 40.0 Å². The van der Waals surface area contributed by atoms with Crippen molar-refractivity contribution in [2.45, 2.75) is 52.0 Å². The average Bonchev–Trinajstić information content (AvgIpc) is 2.00. The molecule has 0 saturated carbocycles. The van der Waals surface area contributed by atoms with Gasteiger partial charge in [-0.2, -0.15) is 0 Å². The Hall–Kier alpha value is -0.465. The highest BCUT2D eigenvalue weighted by atomic mass is 16.6. The van der Waals surface area contributed by atoms with Crippen LogP contribution in [-0.2, 0) is 9.53 Å². The van der Waals surface area contributed by atoms with E-state index in [0.29, 0.717) is 19.2 Å². The van der Waals surface area contributed by atoms with Gasteiger partial charge in [0.05, 0.1) is 7.85 Å². The maximum atomic E-state index is 11.1. The molecule has 0 heterocycles. The van der Waals surface area contributed by atoms with Crippen LogP contribution in [0.5, 0.6) is 0 Å². The first-order valence-electron chi connectivity index (χ1n) is 4.43. The number of ether oxygens (including phenoxy) is 1. The molecule has 0 amide bonds. The van der Waals surface area contributed by atoms with Gasteiger partial charge in [0, 0.05) is 6.42 Å². The molecule has 0 rings (SSSR count). The smallest absolute Gasteiger partial charge is 0.306 e. The molecule has 0 aromatic heterocycles. The van der Waals surface area contributed by atoms with E-state index in [-0.39, 0.29) is 11.6 Å². The Morgan fingerprint density at radius 1 is 1.50 bits per heavy atom. The second-order valence-corrected chi connectivity index (χ2v) is 3.48. The minimum absolute atomic E-state index is 0.146. The first-order valence-corrected chi connectivity index (χ1v) is 4.43. The van der Waals surface area contributed by atoms with Crippen molar-refractivity contribution in [3.63, 3.8) is 0 Å². The topological polar surface area (TPSA) is 26.3 Å². The predicted octanol–water partition coefficient (Wildman–Crippen LogP) is 2.09. The van der Waals surface area contributed by atoms with Gasteiger partial charge >= 0.3 is 5.97 Å². The number of rotatable bonds is 5. The van der Waals surface area contributed by atoms with Crippen LogP contribution in [0.25, 0.3) is 0 Å². The molecule has 0 spiro atoms. The second-order valence-electron chi connectivity index (χ2n) is 3.48. The largest absolute Gasteiger partial charge is 0.460 e. The van der Waals surface area contributed by atoms with Crippen molar-refractivity contribution in [1.82, 2.24) is 0 Å². The highest BCUT2D eigenvalue weighted by Gasteiger charge is 2.19. The van der Waals surface area contributed by atoms with E-state index in [1.54, 1.807) is 0 Å². The minimum Gasteiger partial charge on any atom is -0.460 e. The van der Waals surface area contributed by atoms with Crippen molar-refractivity contribution in [1.29, 1.82) is 0 Å². The van der Waals surface area contributed by atoms with Crippen LogP contribution in [-0.4, -0.2) is 19.4 Å². The predicted molar refractivity (Wildman–Crippen MR) is 50.3 cm³/mol. The highest BCUT2D eigenvalue weighted by Crippen LogP contribution is 2.14. The normalized spacial score (nSPS) is 11.2. The van der Waals surface area contributed by atoms with Gasteiger partial charge in [-0.25, -0.2) is 0 Å². The molecule has 0 aromatic carbocycles. The molecule has 2 radical (unpaired) electrons. The van der Waals surface area contributed by atoms with Gasteiger partial charge in [0.15, 0.2) is 0 Å². The Balaban J connectivity index is 3.68. The van der Waals surface area contributed by atoms with Crippen molar-refractivity contribution in [2.75, 3.05) is 0 Å². The van der Waals surface area contributed by atoms with E-state index in [1.807, 2.05) is 20.8 Å². The maximum absolute atomic E-state index is 11.1. The Morgan fingerprint density at radius 3 is 2.50 bits per heavy atom. The van der Waals surface area contributed by atoms with E-state index < -0.39 is 0 Å². The van der Waals surface area contributed by atoms with Crippen molar-refractivity contribution < 1.29 is 9.53 Å². The van der Waals surface area contributed by atoms with Crippen LogP contribution in [0, 0.1) is 0 Å². The lowest BCUT2D eigenvalue weighted by Gasteiger charge is -2.23. The number of carbonyl (C=O) groups excluding carboxylic acids is 1. The van der Waals surface area contributed by atoms with Gasteiger partial charge in [0.25, 0.3) is 0 Å². The monoisotopic (exact) mass is 168 g/mol. The molecule has 0 aliphatic carbocycles. The first kappa shape index (κ1) is 11.5. The van der Waals surface area contributed by atoms with Crippen LogP contribution >= 0.6 is 0 Å². The molecule has 0 aliphatic rings. The van der Waals surface area contributed by atoms with Gasteiger partial charge in [-0.3, -0.25) is 4.79 Å². The zero-order valence-corrected chi connectivity index (χ0v) is 8.22. The van der Waals surface area contributed by atoms with Crippen LogP contribution < -0.4 is 0 Å². The fraction of sp³-hybridized carbons (Fsp3) is 0.889. The highest BCUT2D eigenvalue weighted by molar-refractivity contribution is 6.08. The third kappa shape index (κ3) is 5.22. The SMILES string of the molecule is [B]CCCC(=O)OC(C)(C)CC. The average molecular weight is 168 g/mol. The molecule has 0 aliphatic heterocycles. The number of hydrogen-bond acceptors (Lipinski definition) is 2. The molecule has 0 N–H and O–H groups in total. The van der Waals surface area contributed by atoms with Gasteiger partial charge in [-0.15, -0.1) is 0 Å². The zero-order chi connectivity index (χ0) is 9.61. The number of hydrogen-bond donors (Lipinski definition) is 0. The fourth-order valence-corrected chi connectivity index (χ4v) is 0.678. The minimum atomic E-state index is -0.328. The molecule has 0 fully saturated rings. The lowest BCUT2D eigenvalue weighted by molar-refractivity contribution is -0.156. The van der Waals surface area contributed by atoms with Gasteiger partial charge in [-0.05, 0) is 20.3 Å². The summed E-state index contributed by atoms with van der Waals surface area (Å²) in [6.07, 6.45) is 2.52. The third-order valence-corrected chi connectivity index (χ3v) is 1.83. The zero-order valence-electron chi connectivity index (χ0n) is 8.22. The summed E-state index contributed by atoms with van der Waals surface area (Å²) in [7, 11) is 5.27. The summed E-state index contributed by atoms with van der Waals surface area (Å²) in [5.41, 5.74) is -0.328. The maximum Gasteiger partial charge on any atom is 0.306 e. The molecule has 68 valence electrons. The van der Waals surface area contributed by atoms with E-state index in [4.69, 9.17) is 12.6 Å². The molecular weight excluding hydrogens is 151 g/mol. The first-order chi connectivity index (χ1) is 5.52. The quantitative estimate of drug-likeness (QED) is 0.464. The lowest BCUT2D eigenvalue weighted by Crippen LogP contribution is -2.26. The van der Waals surface area contributed by atoms with Gasteiger partial charge in [-0.1, -0.05) is 19.7 Å². The van der Waals surface area contributed by atoms with Crippen LogP contribution in [0.3, 0.4) is 0 Å². The van der Waals surface area contributed by atoms with E-state index in [0.717, 1.165) is 6.42 Å². The second kappa shape index (κ2) is 5.23. The summed E-state index contributed by atoms with van der Waals surface area (Å²) >= 11 is 0. The summed E-state index contributed by atoms with van der Waals surface area (Å²) in [6.45, 7) is 5.82. The van der Waals surface area contributed by atoms with Gasteiger partial charge < -0.3 is 4.74 Å². The molecule has 0 atom stereocenters. The van der Waals surface area contributed by atoms with Crippen molar-refractivity contribution in [3.8, 4) is 0 Å². The molecule has 0 unspecified atom stereocenters. The third-order valence-electron chi connectivity index (χ3n) is 1.83. The lowest BCUT2D eigenvalue weighted by atomic mass is 10.0. The molecule has 12 heavy (non-hydrogen) atoms. The summed E-state index contributed by atoms with van der Waals surface area (Å²) in [4.78, 5) is 11.1. The fourth-order valence-electron chi connectivity index (χ4n) is 0.678. The van der Waals surface area contributed by atoms with Crippen LogP contribution in [0.4, 0.5) is 0 Å². The summed E-state index contributed by atoms with van der Waals surface area (Å²) in [5.74, 6) is -0.146. The molecule has 3 heteroatoms. The van der Waals surface area contributed by atoms with E-state index in [1.165, 1.54) is 0 Å². The number of carbonyl (C=O) groups is 1. The van der Waals surface area contributed by atoms with Crippen molar-refractivity contribution in [2.24, 2.45) is 0 Å². The van der Waals surface area contributed by atoms with Crippen LogP contribution in [0.2, 0.25) is 6.32 Å². The molecule has 0 saturated heterocycles. The van der Waals surface area contributed by atoms with Crippen LogP contribution in [0.15, 0.2) is 0 Å². The standard InChI is InChI=1S/C9H17BO2/c1-4-9(2,3)12-8(11)6-5-7-10/h4-7H2,1-3H3. The van der Waals surface area contributed by atoms with E-state index in [2.05, 4.69) is 0 Å². The summed E-state index contributed by atoms with van der Waals surface area (Å²) in [6, 6.07) is 0. The Kier molecular flexibility index (Phi) is 5.03. The molecule has 0 bridgehead atoms. The van der Waals surface area contributed by atoms with Crippen molar-refractivity contribution >= 4 is 13.8 Å². The molecule has 0 aromatic rings.